The molecule has 45 heavy (non-hydrogen) atoms. The molecule has 4 aromatic carbocycles. The maximum atomic E-state index is 14.5. The van der Waals surface area contributed by atoms with Crippen molar-refractivity contribution in [1.29, 1.82) is 0 Å². The number of amides is 1. The van der Waals surface area contributed by atoms with Crippen LogP contribution in [0.3, 0.4) is 0 Å². The van der Waals surface area contributed by atoms with E-state index in [9.17, 15) is 4.79 Å². The van der Waals surface area contributed by atoms with Gasteiger partial charge in [0, 0.05) is 57.1 Å². The van der Waals surface area contributed by atoms with Crippen LogP contribution in [0.25, 0.3) is 33.4 Å². The van der Waals surface area contributed by atoms with Gasteiger partial charge in [0.2, 0.25) is 0 Å². The Balaban J connectivity index is 1.39. The molecule has 2 unspecified atom stereocenters. The minimum absolute atomic E-state index is 0.0563. The molecule has 0 aliphatic carbocycles. The Morgan fingerprint density at radius 1 is 0.911 bits per heavy atom. The fraction of sp³-hybridized carbons (Fsp3) is 0.189. The number of aromatic amines is 1. The number of nitrogens with zero attached hydrogens (tertiary/aromatic N) is 3. The van der Waals surface area contributed by atoms with Crippen LogP contribution < -0.4 is 5.32 Å². The standard InChI is InChI=1S/C37H33Cl2N5O/c1-23(24-13-15-27(38)16-14-24)44-22-40-34(26-11-7-4-8-12-26)36(44)33-29-18-17-28(39)19-31(29)41-35(33)37(45)42-32-21-43(2)20-30(32)25-9-5-3-6-10-25/h3-19,22-23,30,32,41H,20-21H2,1-2H3,(H,42,45)/t23?,30-,32?/m0/s1. The average molecular weight is 635 g/mol. The summed E-state index contributed by atoms with van der Waals surface area (Å²) in [6.07, 6.45) is 1.87. The van der Waals surface area contributed by atoms with Crippen LogP contribution in [-0.4, -0.2) is 51.5 Å². The maximum absolute atomic E-state index is 14.5. The Labute approximate surface area is 272 Å². The third-order valence-corrected chi connectivity index (χ3v) is 9.37. The zero-order valence-corrected chi connectivity index (χ0v) is 26.6. The van der Waals surface area contributed by atoms with E-state index in [0.29, 0.717) is 15.7 Å². The summed E-state index contributed by atoms with van der Waals surface area (Å²) in [6, 6.07) is 33.9. The molecule has 226 valence electrons. The van der Waals surface area contributed by atoms with Gasteiger partial charge in [-0.05, 0) is 49.4 Å². The number of carbonyl (C=O) groups excluding carboxylic acids is 1. The fourth-order valence-electron chi connectivity index (χ4n) is 6.62. The Hall–Kier alpha value is -4.36. The number of benzene rings is 4. The molecule has 8 heteroatoms. The molecular formula is C37H33Cl2N5O. The van der Waals surface area contributed by atoms with E-state index < -0.39 is 0 Å². The van der Waals surface area contributed by atoms with E-state index in [0.717, 1.165) is 52.1 Å². The lowest BCUT2D eigenvalue weighted by molar-refractivity contribution is 0.0932. The van der Waals surface area contributed by atoms with Crippen molar-refractivity contribution in [2.75, 3.05) is 20.1 Å². The highest BCUT2D eigenvalue weighted by molar-refractivity contribution is 6.31. The number of H-pyrrole nitrogens is 1. The summed E-state index contributed by atoms with van der Waals surface area (Å²) in [6.45, 7) is 3.76. The van der Waals surface area contributed by atoms with Gasteiger partial charge >= 0.3 is 0 Å². The highest BCUT2D eigenvalue weighted by atomic mass is 35.5. The summed E-state index contributed by atoms with van der Waals surface area (Å²) >= 11 is 12.7. The number of fused-ring (bicyclic) bond motifs is 1. The smallest absolute Gasteiger partial charge is 0.268 e. The van der Waals surface area contributed by atoms with Crippen molar-refractivity contribution in [2.45, 2.75) is 24.9 Å². The van der Waals surface area contributed by atoms with E-state index >= 15 is 0 Å². The largest absolute Gasteiger partial charge is 0.350 e. The normalized spacial score (nSPS) is 17.5. The van der Waals surface area contributed by atoms with Gasteiger partial charge in [0.1, 0.15) is 5.69 Å². The summed E-state index contributed by atoms with van der Waals surface area (Å²) < 4.78 is 2.15. The predicted octanol–water partition coefficient (Wildman–Crippen LogP) is 8.44. The van der Waals surface area contributed by atoms with Crippen molar-refractivity contribution >= 4 is 40.0 Å². The molecule has 1 fully saturated rings. The molecule has 1 aliphatic rings. The van der Waals surface area contributed by atoms with Crippen LogP contribution in [0.2, 0.25) is 10.0 Å². The molecule has 1 saturated heterocycles. The Morgan fingerprint density at radius 3 is 2.33 bits per heavy atom. The van der Waals surface area contributed by atoms with Crippen LogP contribution >= 0.6 is 23.2 Å². The topological polar surface area (TPSA) is 66.0 Å². The first-order valence-corrected chi connectivity index (χ1v) is 15.9. The van der Waals surface area contributed by atoms with Gasteiger partial charge in [-0.3, -0.25) is 4.79 Å². The third kappa shape index (κ3) is 5.66. The van der Waals surface area contributed by atoms with Gasteiger partial charge in [0.05, 0.1) is 23.8 Å². The fourth-order valence-corrected chi connectivity index (χ4v) is 6.92. The number of imidazole rings is 1. The van der Waals surface area contributed by atoms with Crippen molar-refractivity contribution in [3.63, 3.8) is 0 Å². The number of halogens is 2. The first kappa shape index (κ1) is 29.4. The molecule has 1 amide bonds. The molecule has 0 saturated carbocycles. The number of likely N-dealkylation sites (N-methyl/N-ethyl adjacent to an activating group) is 1. The first-order chi connectivity index (χ1) is 21.9. The molecule has 0 bridgehead atoms. The van der Waals surface area contributed by atoms with Gasteiger partial charge in [-0.2, -0.15) is 0 Å². The molecule has 3 heterocycles. The Morgan fingerprint density at radius 2 is 1.60 bits per heavy atom. The molecule has 6 aromatic rings. The molecule has 6 nitrogen and oxygen atoms in total. The van der Waals surface area contributed by atoms with E-state index in [1.54, 1.807) is 0 Å². The zero-order chi connectivity index (χ0) is 31.1. The lowest BCUT2D eigenvalue weighted by Gasteiger charge is -2.21. The van der Waals surface area contributed by atoms with Gasteiger partial charge in [0.25, 0.3) is 5.91 Å². The van der Waals surface area contributed by atoms with Crippen molar-refractivity contribution < 1.29 is 4.79 Å². The van der Waals surface area contributed by atoms with Gasteiger partial charge in [-0.1, -0.05) is 102 Å². The van der Waals surface area contributed by atoms with Crippen LogP contribution in [0.5, 0.6) is 0 Å². The van der Waals surface area contributed by atoms with E-state index in [-0.39, 0.29) is 23.9 Å². The Bertz CT molecular complexity index is 1970. The lowest BCUT2D eigenvalue weighted by atomic mass is 9.94. The number of hydrogen-bond donors (Lipinski definition) is 2. The van der Waals surface area contributed by atoms with Gasteiger partial charge < -0.3 is 19.8 Å². The number of carbonyl (C=O) groups is 1. The summed E-state index contributed by atoms with van der Waals surface area (Å²) in [7, 11) is 2.10. The molecule has 2 N–H and O–H groups in total. The van der Waals surface area contributed by atoms with Crippen molar-refractivity contribution in [3.8, 4) is 22.5 Å². The van der Waals surface area contributed by atoms with E-state index in [1.165, 1.54) is 5.56 Å². The summed E-state index contributed by atoms with van der Waals surface area (Å²) in [4.78, 5) is 25.1. The van der Waals surface area contributed by atoms with Crippen LogP contribution in [0.1, 0.15) is 40.5 Å². The van der Waals surface area contributed by atoms with E-state index in [2.05, 4.69) is 58.0 Å². The van der Waals surface area contributed by atoms with E-state index in [1.807, 2.05) is 85.2 Å². The molecular weight excluding hydrogens is 601 g/mol. The third-order valence-electron chi connectivity index (χ3n) is 8.88. The van der Waals surface area contributed by atoms with E-state index in [4.69, 9.17) is 28.2 Å². The summed E-state index contributed by atoms with van der Waals surface area (Å²) in [5, 5.41) is 5.58. The molecule has 0 radical (unpaired) electrons. The molecule has 7 rings (SSSR count). The number of rotatable bonds is 7. The maximum Gasteiger partial charge on any atom is 0.268 e. The highest BCUT2D eigenvalue weighted by Gasteiger charge is 2.35. The second-order valence-electron chi connectivity index (χ2n) is 11.8. The van der Waals surface area contributed by atoms with Crippen molar-refractivity contribution in [3.05, 3.63) is 136 Å². The van der Waals surface area contributed by atoms with Gasteiger partial charge in [-0.25, -0.2) is 4.98 Å². The average Bonchev–Trinajstić information content (AvgIpc) is 3.76. The molecule has 0 spiro atoms. The van der Waals surface area contributed by atoms with Crippen LogP contribution in [0.15, 0.2) is 109 Å². The summed E-state index contributed by atoms with van der Waals surface area (Å²) in [5.74, 6) is 0.0159. The zero-order valence-electron chi connectivity index (χ0n) is 25.0. The lowest BCUT2D eigenvalue weighted by Crippen LogP contribution is -2.40. The molecule has 1 aliphatic heterocycles. The minimum atomic E-state index is -0.163. The molecule has 3 atom stereocenters. The van der Waals surface area contributed by atoms with Crippen LogP contribution in [0.4, 0.5) is 0 Å². The SMILES string of the molecule is CC(c1ccc(Cl)cc1)n1cnc(-c2ccccc2)c1-c1c(C(=O)NC2CN(C)C[C@H]2c2ccccc2)[nH]c2cc(Cl)ccc12. The van der Waals surface area contributed by atoms with Crippen LogP contribution in [0, 0.1) is 0 Å². The van der Waals surface area contributed by atoms with Gasteiger partial charge in [-0.15, -0.1) is 0 Å². The van der Waals surface area contributed by atoms with Crippen molar-refractivity contribution in [2.24, 2.45) is 0 Å². The van der Waals surface area contributed by atoms with Crippen LogP contribution in [-0.2, 0) is 0 Å². The van der Waals surface area contributed by atoms with Crippen molar-refractivity contribution in [1.82, 2.24) is 24.8 Å². The number of hydrogen-bond acceptors (Lipinski definition) is 3. The number of nitrogens with one attached hydrogen (secondary N) is 2. The second kappa shape index (κ2) is 12.2. The first-order valence-electron chi connectivity index (χ1n) is 15.1. The molecule has 2 aromatic heterocycles. The Kier molecular flexibility index (Phi) is 7.96. The minimum Gasteiger partial charge on any atom is -0.350 e. The predicted molar refractivity (Wildman–Crippen MR) is 183 cm³/mol. The highest BCUT2D eigenvalue weighted by Crippen LogP contribution is 2.41. The monoisotopic (exact) mass is 633 g/mol. The van der Waals surface area contributed by atoms with Gasteiger partial charge in [0.15, 0.2) is 0 Å². The summed E-state index contributed by atoms with van der Waals surface area (Å²) in [5.41, 5.74) is 6.97. The number of likely N-dealkylation sites (tertiary alicyclic amines) is 1. The number of aromatic nitrogens is 3. The quantitative estimate of drug-likeness (QED) is 0.185. The second-order valence-corrected chi connectivity index (χ2v) is 12.7.